The molecule has 1 unspecified atom stereocenters. The van der Waals surface area contributed by atoms with Gasteiger partial charge >= 0.3 is 0 Å². The monoisotopic (exact) mass is 317 g/mol. The van der Waals surface area contributed by atoms with Gasteiger partial charge in [0.25, 0.3) is 10.1 Å². The van der Waals surface area contributed by atoms with E-state index in [0.29, 0.717) is 6.42 Å². The molecular weight excluding hydrogens is 288 g/mol. The number of nitrogens with zero attached hydrogens (tertiary/aromatic N) is 2. The average molecular weight is 317 g/mol. The molecule has 0 spiro atoms. The predicted octanol–water partition coefficient (Wildman–Crippen LogP) is 2.66. The standard InChI is InChI=1S/C15H28N2O3S/c1-3-5-8-15(4-2)13-17-11-10-16(14-17)9-6-7-12-21(18,19)20/h10-11,14-15H,3-9,12-13H2,1-2H3/p+1. The van der Waals surface area contributed by atoms with E-state index in [4.69, 9.17) is 4.55 Å². The molecule has 0 radical (unpaired) electrons. The van der Waals surface area contributed by atoms with Crippen molar-refractivity contribution in [3.8, 4) is 0 Å². The summed E-state index contributed by atoms with van der Waals surface area (Å²) < 4.78 is 34.2. The van der Waals surface area contributed by atoms with Crippen molar-refractivity contribution in [1.29, 1.82) is 0 Å². The highest BCUT2D eigenvalue weighted by Gasteiger charge is 2.11. The van der Waals surface area contributed by atoms with Crippen molar-refractivity contribution in [2.24, 2.45) is 5.92 Å². The van der Waals surface area contributed by atoms with Gasteiger partial charge in [0.1, 0.15) is 12.4 Å². The number of imidazole rings is 1. The predicted molar refractivity (Wildman–Crippen MR) is 83.6 cm³/mol. The zero-order valence-electron chi connectivity index (χ0n) is 13.2. The molecule has 0 bridgehead atoms. The van der Waals surface area contributed by atoms with Crippen LogP contribution >= 0.6 is 0 Å². The van der Waals surface area contributed by atoms with E-state index in [1.165, 1.54) is 25.7 Å². The molecule has 21 heavy (non-hydrogen) atoms. The molecule has 122 valence electrons. The third kappa shape index (κ3) is 8.21. The lowest BCUT2D eigenvalue weighted by Gasteiger charge is -2.11. The lowest BCUT2D eigenvalue weighted by atomic mass is 9.99. The molecule has 1 aromatic rings. The molecule has 0 amide bonds. The zero-order chi connectivity index (χ0) is 15.7. The molecule has 1 atom stereocenters. The zero-order valence-corrected chi connectivity index (χ0v) is 14.1. The van der Waals surface area contributed by atoms with Gasteiger partial charge in [-0.25, -0.2) is 9.13 Å². The molecule has 0 aliphatic rings. The molecule has 0 aromatic carbocycles. The minimum Gasteiger partial charge on any atom is -0.286 e. The lowest BCUT2D eigenvalue weighted by Crippen LogP contribution is -2.35. The van der Waals surface area contributed by atoms with Gasteiger partial charge < -0.3 is 0 Å². The SMILES string of the molecule is CCCCC(CC)C[n+]1ccn(CCCCS(=O)(=O)O)c1. The normalized spacial score (nSPS) is 13.5. The van der Waals surface area contributed by atoms with Crippen LogP contribution in [-0.2, 0) is 23.2 Å². The van der Waals surface area contributed by atoms with Crippen molar-refractivity contribution < 1.29 is 17.5 Å². The summed E-state index contributed by atoms with van der Waals surface area (Å²) in [4.78, 5) is 0. The second kappa shape index (κ2) is 9.20. The van der Waals surface area contributed by atoms with Gasteiger partial charge in [-0.05, 0) is 31.6 Å². The number of hydrogen-bond acceptors (Lipinski definition) is 2. The average Bonchev–Trinajstić information content (AvgIpc) is 2.86. The third-order valence-electron chi connectivity index (χ3n) is 3.83. The summed E-state index contributed by atoms with van der Waals surface area (Å²) >= 11 is 0. The highest BCUT2D eigenvalue weighted by atomic mass is 32.2. The van der Waals surface area contributed by atoms with Crippen LogP contribution in [0.25, 0.3) is 0 Å². The minimum atomic E-state index is -3.82. The van der Waals surface area contributed by atoms with Gasteiger partial charge in [0.05, 0.1) is 18.8 Å². The van der Waals surface area contributed by atoms with E-state index in [0.717, 1.165) is 25.4 Å². The summed E-state index contributed by atoms with van der Waals surface area (Å²) in [5.41, 5.74) is 0. The Morgan fingerprint density at radius 3 is 2.62 bits per heavy atom. The number of unbranched alkanes of at least 4 members (excludes halogenated alkanes) is 2. The van der Waals surface area contributed by atoms with Gasteiger partial charge in [0.15, 0.2) is 0 Å². The second-order valence-electron chi connectivity index (χ2n) is 5.76. The van der Waals surface area contributed by atoms with Crippen molar-refractivity contribution in [1.82, 2.24) is 4.57 Å². The number of rotatable bonds is 11. The van der Waals surface area contributed by atoms with E-state index < -0.39 is 10.1 Å². The molecule has 0 aliphatic heterocycles. The maximum Gasteiger partial charge on any atom is 0.264 e. The number of hydrogen-bond donors (Lipinski definition) is 1. The summed E-state index contributed by atoms with van der Waals surface area (Å²) in [7, 11) is -3.82. The van der Waals surface area contributed by atoms with Crippen molar-refractivity contribution in [3.05, 3.63) is 18.7 Å². The van der Waals surface area contributed by atoms with E-state index in [9.17, 15) is 8.42 Å². The fraction of sp³-hybridized carbons (Fsp3) is 0.800. The van der Waals surface area contributed by atoms with Crippen LogP contribution in [0.4, 0.5) is 0 Å². The smallest absolute Gasteiger partial charge is 0.264 e. The molecule has 0 saturated heterocycles. The second-order valence-corrected chi connectivity index (χ2v) is 7.33. The van der Waals surface area contributed by atoms with Crippen LogP contribution in [0.5, 0.6) is 0 Å². The van der Waals surface area contributed by atoms with Gasteiger partial charge in [-0.1, -0.05) is 26.7 Å². The quantitative estimate of drug-likeness (QED) is 0.388. The highest BCUT2D eigenvalue weighted by molar-refractivity contribution is 7.85. The van der Waals surface area contributed by atoms with Crippen LogP contribution in [0.3, 0.4) is 0 Å². The molecule has 1 heterocycles. The van der Waals surface area contributed by atoms with Gasteiger partial charge in [-0.3, -0.25) is 4.55 Å². The third-order valence-corrected chi connectivity index (χ3v) is 4.63. The van der Waals surface area contributed by atoms with Crippen LogP contribution in [0, 0.1) is 5.92 Å². The number of aromatic nitrogens is 2. The van der Waals surface area contributed by atoms with E-state index in [-0.39, 0.29) is 5.75 Å². The summed E-state index contributed by atoms with van der Waals surface area (Å²) in [6, 6.07) is 0. The van der Waals surface area contributed by atoms with E-state index in [1.807, 2.05) is 6.20 Å². The summed E-state index contributed by atoms with van der Waals surface area (Å²) in [6.07, 6.45) is 12.4. The minimum absolute atomic E-state index is 0.150. The largest absolute Gasteiger partial charge is 0.286 e. The van der Waals surface area contributed by atoms with Crippen molar-refractivity contribution in [3.63, 3.8) is 0 Å². The van der Waals surface area contributed by atoms with Crippen molar-refractivity contribution in [2.75, 3.05) is 5.75 Å². The van der Waals surface area contributed by atoms with E-state index >= 15 is 0 Å². The first-order valence-corrected chi connectivity index (χ1v) is 9.55. The van der Waals surface area contributed by atoms with Crippen LogP contribution in [0.15, 0.2) is 18.7 Å². The first-order chi connectivity index (χ1) is 9.94. The van der Waals surface area contributed by atoms with Crippen LogP contribution in [-0.4, -0.2) is 23.3 Å². The Balaban J connectivity index is 2.35. The van der Waals surface area contributed by atoms with Crippen LogP contribution in [0.2, 0.25) is 0 Å². The maximum atomic E-state index is 10.6. The Morgan fingerprint density at radius 2 is 2.00 bits per heavy atom. The fourth-order valence-corrected chi connectivity index (χ4v) is 3.04. The first kappa shape index (κ1) is 18.2. The van der Waals surface area contributed by atoms with E-state index in [1.54, 1.807) is 0 Å². The van der Waals surface area contributed by atoms with Crippen molar-refractivity contribution in [2.45, 2.75) is 65.5 Å². The molecule has 6 heteroatoms. The molecule has 0 saturated carbocycles. The Bertz CT molecular complexity index is 497. The fourth-order valence-electron chi connectivity index (χ4n) is 2.47. The molecular formula is C15H29N2O3S+. The Labute approximate surface area is 128 Å². The maximum absolute atomic E-state index is 10.6. The molecule has 5 nitrogen and oxygen atoms in total. The molecule has 1 N–H and O–H groups in total. The summed E-state index contributed by atoms with van der Waals surface area (Å²) in [6.45, 7) is 6.30. The molecule has 1 aromatic heterocycles. The van der Waals surface area contributed by atoms with Crippen LogP contribution < -0.4 is 4.57 Å². The summed E-state index contributed by atoms with van der Waals surface area (Å²) in [5, 5.41) is 0. The topological polar surface area (TPSA) is 63.2 Å². The molecule has 0 fully saturated rings. The first-order valence-electron chi connectivity index (χ1n) is 7.94. The highest BCUT2D eigenvalue weighted by Crippen LogP contribution is 2.12. The van der Waals surface area contributed by atoms with Crippen LogP contribution in [0.1, 0.15) is 52.4 Å². The molecule has 0 aliphatic carbocycles. The Kier molecular flexibility index (Phi) is 7.96. The van der Waals surface area contributed by atoms with Gasteiger partial charge in [-0.2, -0.15) is 8.42 Å². The number of aryl methyl sites for hydroxylation is 1. The van der Waals surface area contributed by atoms with Gasteiger partial charge in [0, 0.05) is 0 Å². The summed E-state index contributed by atoms with van der Waals surface area (Å²) in [5.74, 6) is 0.578. The lowest BCUT2D eigenvalue weighted by molar-refractivity contribution is -0.703. The van der Waals surface area contributed by atoms with Gasteiger partial charge in [0.2, 0.25) is 6.33 Å². The van der Waals surface area contributed by atoms with Crippen molar-refractivity contribution >= 4 is 10.1 Å². The Hall–Kier alpha value is -0.880. The van der Waals surface area contributed by atoms with Gasteiger partial charge in [-0.15, -0.1) is 0 Å². The molecule has 1 rings (SSSR count). The van der Waals surface area contributed by atoms with E-state index in [2.05, 4.69) is 35.5 Å². The Morgan fingerprint density at radius 1 is 1.24 bits per heavy atom.